The Bertz CT molecular complexity index is 538. The molecule has 1 aromatic rings. The van der Waals surface area contributed by atoms with Gasteiger partial charge in [-0.2, -0.15) is 0 Å². The highest BCUT2D eigenvalue weighted by Gasteiger charge is 2.24. The van der Waals surface area contributed by atoms with E-state index in [-0.39, 0.29) is 17.9 Å². The first kappa shape index (κ1) is 18.1. The summed E-state index contributed by atoms with van der Waals surface area (Å²) < 4.78 is 0. The van der Waals surface area contributed by atoms with Gasteiger partial charge in [-0.1, -0.05) is 23.7 Å². The Hall–Kier alpha value is -1.26. The fourth-order valence-corrected chi connectivity index (χ4v) is 2.84. The van der Waals surface area contributed by atoms with Crippen LogP contribution in [0.4, 0.5) is 0 Å². The van der Waals surface area contributed by atoms with Crippen molar-refractivity contribution in [3.63, 3.8) is 0 Å². The molecular weight excluding hydrogens is 335 g/mol. The van der Waals surface area contributed by atoms with Crippen molar-refractivity contribution in [2.24, 2.45) is 0 Å². The number of nitrogens with one attached hydrogen (secondary N) is 1. The Kier molecular flexibility index (Phi) is 6.72. The molecule has 2 rings (SSSR count). The van der Waals surface area contributed by atoms with E-state index in [0.29, 0.717) is 24.5 Å². The first-order valence-electron chi connectivity index (χ1n) is 7.92. The lowest BCUT2D eigenvalue weighted by molar-refractivity contribution is -0.132. The summed E-state index contributed by atoms with van der Waals surface area (Å²) in [6.45, 7) is 3.02. The number of amides is 2. The Labute approximate surface area is 147 Å². The molecule has 1 atom stereocenters. The summed E-state index contributed by atoms with van der Waals surface area (Å²) in [6, 6.07) is 7.69. The lowest BCUT2D eigenvalue weighted by atomic mass is 10.0. The van der Waals surface area contributed by atoms with Crippen LogP contribution in [-0.2, 0) is 16.0 Å². The van der Waals surface area contributed by atoms with Crippen LogP contribution < -0.4 is 5.32 Å². The van der Waals surface area contributed by atoms with Gasteiger partial charge in [-0.15, -0.1) is 11.6 Å². The minimum absolute atomic E-state index is 0.115. The second kappa shape index (κ2) is 8.55. The largest absolute Gasteiger partial charge is 0.352 e. The normalized spacial score (nSPS) is 16.9. The zero-order valence-corrected chi connectivity index (χ0v) is 14.7. The fourth-order valence-electron chi connectivity index (χ4n) is 2.65. The summed E-state index contributed by atoms with van der Waals surface area (Å²) in [5.41, 5.74) is 1.11. The first-order valence-corrected chi connectivity index (χ1v) is 8.74. The van der Waals surface area contributed by atoms with Crippen LogP contribution in [0.1, 0.15) is 31.7 Å². The SMILES string of the molecule is CC(Cl)C(=O)NC1CCN(C(=O)CCc2ccc(Cl)cc2)CC1. The molecule has 0 spiro atoms. The summed E-state index contributed by atoms with van der Waals surface area (Å²) >= 11 is 11.6. The molecule has 1 fully saturated rings. The summed E-state index contributed by atoms with van der Waals surface area (Å²) in [5, 5.41) is 3.10. The molecule has 1 N–H and O–H groups in total. The lowest BCUT2D eigenvalue weighted by Crippen LogP contribution is -2.47. The molecule has 23 heavy (non-hydrogen) atoms. The molecule has 0 aliphatic carbocycles. The van der Waals surface area contributed by atoms with Crippen LogP contribution in [0.2, 0.25) is 5.02 Å². The minimum atomic E-state index is -0.519. The summed E-state index contributed by atoms with van der Waals surface area (Å²) in [5.74, 6) is 0.0228. The minimum Gasteiger partial charge on any atom is -0.352 e. The van der Waals surface area contributed by atoms with Gasteiger partial charge in [0.15, 0.2) is 0 Å². The highest BCUT2D eigenvalue weighted by atomic mass is 35.5. The summed E-state index contributed by atoms with van der Waals surface area (Å²) in [7, 11) is 0. The topological polar surface area (TPSA) is 49.4 Å². The zero-order valence-electron chi connectivity index (χ0n) is 13.2. The number of hydrogen-bond acceptors (Lipinski definition) is 2. The van der Waals surface area contributed by atoms with Gasteiger partial charge >= 0.3 is 0 Å². The molecule has 0 saturated carbocycles. The molecule has 0 bridgehead atoms. The number of benzene rings is 1. The van der Waals surface area contributed by atoms with Crippen molar-refractivity contribution in [3.05, 3.63) is 34.9 Å². The number of alkyl halides is 1. The maximum absolute atomic E-state index is 12.3. The van der Waals surface area contributed by atoms with E-state index in [0.717, 1.165) is 24.8 Å². The summed E-state index contributed by atoms with van der Waals surface area (Å²) in [6.07, 6.45) is 2.78. The smallest absolute Gasteiger partial charge is 0.237 e. The highest BCUT2D eigenvalue weighted by molar-refractivity contribution is 6.30. The number of carbonyl (C=O) groups is 2. The Morgan fingerprint density at radius 3 is 2.43 bits per heavy atom. The highest BCUT2D eigenvalue weighted by Crippen LogP contribution is 2.15. The van der Waals surface area contributed by atoms with E-state index >= 15 is 0 Å². The van der Waals surface area contributed by atoms with Gasteiger partial charge in [0.05, 0.1) is 0 Å². The molecule has 1 aliphatic heterocycles. The predicted octanol–water partition coefficient (Wildman–Crippen LogP) is 3.01. The molecule has 1 heterocycles. The van der Waals surface area contributed by atoms with Crippen molar-refractivity contribution in [2.75, 3.05) is 13.1 Å². The van der Waals surface area contributed by atoms with Crippen LogP contribution in [0.25, 0.3) is 0 Å². The fraction of sp³-hybridized carbons (Fsp3) is 0.529. The Balaban J connectivity index is 1.73. The quantitative estimate of drug-likeness (QED) is 0.824. The third-order valence-electron chi connectivity index (χ3n) is 4.10. The predicted molar refractivity (Wildman–Crippen MR) is 92.8 cm³/mol. The van der Waals surface area contributed by atoms with Gasteiger partial charge in [0.1, 0.15) is 5.38 Å². The molecule has 2 amide bonds. The molecule has 1 unspecified atom stereocenters. The molecule has 126 valence electrons. The standard InChI is InChI=1S/C17H22Cl2N2O2/c1-12(18)17(23)20-15-8-10-21(11-9-15)16(22)7-4-13-2-5-14(19)6-3-13/h2-3,5-6,12,15H,4,7-11H2,1H3,(H,20,23). The van der Waals surface area contributed by atoms with Gasteiger partial charge in [0.25, 0.3) is 0 Å². The average Bonchev–Trinajstić information content (AvgIpc) is 2.54. The molecule has 1 saturated heterocycles. The van der Waals surface area contributed by atoms with E-state index in [2.05, 4.69) is 5.32 Å². The molecular formula is C17H22Cl2N2O2. The zero-order chi connectivity index (χ0) is 16.8. The molecule has 0 aromatic heterocycles. The lowest BCUT2D eigenvalue weighted by Gasteiger charge is -2.32. The van der Waals surface area contributed by atoms with E-state index in [4.69, 9.17) is 23.2 Å². The summed E-state index contributed by atoms with van der Waals surface area (Å²) in [4.78, 5) is 25.7. The Morgan fingerprint density at radius 1 is 1.26 bits per heavy atom. The van der Waals surface area contributed by atoms with Crippen LogP contribution >= 0.6 is 23.2 Å². The molecule has 0 radical (unpaired) electrons. The molecule has 1 aliphatic rings. The van der Waals surface area contributed by atoms with Gasteiger partial charge in [-0.05, 0) is 43.9 Å². The van der Waals surface area contributed by atoms with Crippen LogP contribution in [0.15, 0.2) is 24.3 Å². The van der Waals surface area contributed by atoms with E-state index in [1.807, 2.05) is 29.2 Å². The molecule has 6 heteroatoms. The number of rotatable bonds is 5. The molecule has 4 nitrogen and oxygen atoms in total. The second-order valence-electron chi connectivity index (χ2n) is 5.91. The number of aryl methyl sites for hydroxylation is 1. The third kappa shape index (κ3) is 5.70. The number of nitrogens with zero attached hydrogens (tertiary/aromatic N) is 1. The van der Waals surface area contributed by atoms with E-state index in [1.165, 1.54) is 0 Å². The number of carbonyl (C=O) groups excluding carboxylic acids is 2. The third-order valence-corrected chi connectivity index (χ3v) is 4.55. The van der Waals surface area contributed by atoms with Crippen molar-refractivity contribution in [1.82, 2.24) is 10.2 Å². The first-order chi connectivity index (χ1) is 11.0. The van der Waals surface area contributed by atoms with Crippen molar-refractivity contribution < 1.29 is 9.59 Å². The Morgan fingerprint density at radius 2 is 1.87 bits per heavy atom. The van der Waals surface area contributed by atoms with Gasteiger partial charge in [0.2, 0.25) is 11.8 Å². The maximum Gasteiger partial charge on any atom is 0.237 e. The van der Waals surface area contributed by atoms with Gasteiger partial charge in [-0.25, -0.2) is 0 Å². The van der Waals surface area contributed by atoms with Crippen molar-refractivity contribution in [3.8, 4) is 0 Å². The number of likely N-dealkylation sites (tertiary alicyclic amines) is 1. The van der Waals surface area contributed by atoms with Crippen molar-refractivity contribution >= 4 is 35.0 Å². The van der Waals surface area contributed by atoms with Crippen LogP contribution in [-0.4, -0.2) is 41.2 Å². The number of halogens is 2. The maximum atomic E-state index is 12.3. The van der Waals surface area contributed by atoms with Crippen molar-refractivity contribution in [2.45, 2.75) is 44.0 Å². The van der Waals surface area contributed by atoms with Crippen molar-refractivity contribution in [1.29, 1.82) is 0 Å². The van der Waals surface area contributed by atoms with Gasteiger partial charge in [0, 0.05) is 30.6 Å². The monoisotopic (exact) mass is 356 g/mol. The van der Waals surface area contributed by atoms with E-state index < -0.39 is 5.38 Å². The van der Waals surface area contributed by atoms with E-state index in [9.17, 15) is 9.59 Å². The van der Waals surface area contributed by atoms with Crippen LogP contribution in [0.5, 0.6) is 0 Å². The molecule has 1 aromatic carbocycles. The van der Waals surface area contributed by atoms with Gasteiger partial charge < -0.3 is 10.2 Å². The second-order valence-corrected chi connectivity index (χ2v) is 7.00. The number of piperidine rings is 1. The van der Waals surface area contributed by atoms with E-state index in [1.54, 1.807) is 6.92 Å². The van der Waals surface area contributed by atoms with Crippen LogP contribution in [0, 0.1) is 0 Å². The van der Waals surface area contributed by atoms with Crippen LogP contribution in [0.3, 0.4) is 0 Å². The average molecular weight is 357 g/mol. The van der Waals surface area contributed by atoms with Gasteiger partial charge in [-0.3, -0.25) is 9.59 Å². The number of hydrogen-bond donors (Lipinski definition) is 1.